The number of carboxylic acid groups (broad SMARTS) is 1. The van der Waals surface area contributed by atoms with Gasteiger partial charge in [0.05, 0.1) is 0 Å². The quantitative estimate of drug-likeness (QED) is 0.506. The minimum atomic E-state index is -1.08. The Morgan fingerprint density at radius 2 is 1.86 bits per heavy atom. The predicted octanol–water partition coefficient (Wildman–Crippen LogP) is 0.477. The molecule has 0 aliphatic heterocycles. The summed E-state index contributed by atoms with van der Waals surface area (Å²) in [6.45, 7) is 6.79. The summed E-state index contributed by atoms with van der Waals surface area (Å²) in [7, 11) is 0. The van der Waals surface area contributed by atoms with Crippen LogP contribution in [0.1, 0.15) is 19.9 Å². The fourth-order valence-corrected chi connectivity index (χ4v) is 0.805. The first-order valence-electron chi connectivity index (χ1n) is 4.34. The van der Waals surface area contributed by atoms with Crippen LogP contribution in [0.4, 0.5) is 0 Å². The Kier molecular flexibility index (Phi) is 6.03. The number of carbonyl (C=O) groups excluding carboxylic acids is 1. The molecule has 0 N–H and O–H groups in total. The van der Waals surface area contributed by atoms with Crippen molar-refractivity contribution in [2.75, 3.05) is 0 Å². The van der Waals surface area contributed by atoms with Gasteiger partial charge < -0.3 is 9.90 Å². The van der Waals surface area contributed by atoms with Gasteiger partial charge in [0.25, 0.3) is 0 Å². The molecule has 0 aromatic carbocycles. The molecular formula is C11H15NO2. The third-order valence-corrected chi connectivity index (χ3v) is 1.55. The van der Waals surface area contributed by atoms with Crippen molar-refractivity contribution < 1.29 is 14.5 Å². The first-order valence-corrected chi connectivity index (χ1v) is 4.34. The van der Waals surface area contributed by atoms with E-state index in [9.17, 15) is 0 Å². The lowest BCUT2D eigenvalue weighted by molar-refractivity contribution is -0.708. The molecule has 3 nitrogen and oxygen atoms in total. The van der Waals surface area contributed by atoms with Crippen LogP contribution in [0.3, 0.4) is 0 Å². The molecule has 0 aliphatic rings. The molecule has 14 heavy (non-hydrogen) atoms. The predicted molar refractivity (Wildman–Crippen MR) is 52.2 cm³/mol. The van der Waals surface area contributed by atoms with Gasteiger partial charge in [0, 0.05) is 25.0 Å². The normalized spacial score (nSPS) is 10.7. The molecule has 0 radical (unpaired) electrons. The van der Waals surface area contributed by atoms with E-state index >= 15 is 0 Å². The molecular weight excluding hydrogens is 178 g/mol. The molecule has 1 aromatic heterocycles. The molecule has 1 rings (SSSR count). The molecule has 1 unspecified atom stereocenters. The highest BCUT2D eigenvalue weighted by molar-refractivity contribution is 5.60. The first kappa shape index (κ1) is 12.4. The fraction of sp³-hybridized carbons (Fsp3) is 0.273. The third-order valence-electron chi connectivity index (χ3n) is 1.55. The van der Waals surface area contributed by atoms with E-state index in [2.05, 4.69) is 18.1 Å². The van der Waals surface area contributed by atoms with Crippen LogP contribution < -0.4 is 9.67 Å². The van der Waals surface area contributed by atoms with Gasteiger partial charge >= 0.3 is 0 Å². The Bertz CT molecular complexity index is 279. The Morgan fingerprint density at radius 3 is 2.21 bits per heavy atom. The van der Waals surface area contributed by atoms with Crippen LogP contribution >= 0.6 is 0 Å². The fourth-order valence-electron chi connectivity index (χ4n) is 0.805. The molecule has 1 atom stereocenters. The number of hydrogen-bond acceptors (Lipinski definition) is 2. The summed E-state index contributed by atoms with van der Waals surface area (Å²) < 4.78 is 2.10. The molecule has 3 heteroatoms. The summed E-state index contributed by atoms with van der Waals surface area (Å²) in [6.07, 6.45) is 5.98. The smallest absolute Gasteiger partial charge is 0.173 e. The Morgan fingerprint density at radius 1 is 1.43 bits per heavy atom. The number of rotatable bonds is 2. The Labute approximate surface area is 84.3 Å². The average Bonchev–Trinajstić information content (AvgIpc) is 2.17. The number of carbonyl (C=O) groups is 1. The van der Waals surface area contributed by atoms with Crippen LogP contribution in [0, 0.1) is 0 Å². The van der Waals surface area contributed by atoms with Crippen molar-refractivity contribution in [3.8, 4) is 0 Å². The average molecular weight is 193 g/mol. The molecule has 1 heterocycles. The molecule has 0 spiro atoms. The van der Waals surface area contributed by atoms with Crippen molar-refractivity contribution in [3.63, 3.8) is 0 Å². The number of pyridine rings is 1. The Balaban J connectivity index is 0.000000364. The molecule has 0 aliphatic carbocycles. The number of nitrogens with zero attached hydrogens (tertiary/aromatic N) is 1. The highest BCUT2D eigenvalue weighted by atomic mass is 16.4. The Hall–Kier alpha value is -1.64. The van der Waals surface area contributed by atoms with E-state index < -0.39 is 5.97 Å². The van der Waals surface area contributed by atoms with E-state index in [4.69, 9.17) is 9.90 Å². The summed E-state index contributed by atoms with van der Waals surface area (Å²) in [5.74, 6) is -1.08. The van der Waals surface area contributed by atoms with Gasteiger partial charge in [0.1, 0.15) is 0 Å². The van der Waals surface area contributed by atoms with E-state index in [1.54, 1.807) is 0 Å². The number of carboxylic acids is 1. The molecule has 0 bridgehead atoms. The van der Waals surface area contributed by atoms with Crippen molar-refractivity contribution in [2.24, 2.45) is 0 Å². The zero-order chi connectivity index (χ0) is 11.0. The monoisotopic (exact) mass is 193 g/mol. The van der Waals surface area contributed by atoms with Crippen molar-refractivity contribution in [2.45, 2.75) is 19.9 Å². The second-order valence-electron chi connectivity index (χ2n) is 2.79. The number of hydrogen-bond donors (Lipinski definition) is 0. The van der Waals surface area contributed by atoms with Gasteiger partial charge in [-0.2, -0.15) is 4.57 Å². The van der Waals surface area contributed by atoms with Gasteiger partial charge in [-0.05, 0) is 13.0 Å². The number of allylic oxidation sites excluding steroid dienone is 1. The van der Waals surface area contributed by atoms with Crippen molar-refractivity contribution >= 4 is 5.97 Å². The van der Waals surface area contributed by atoms with Gasteiger partial charge in [0.2, 0.25) is 0 Å². The lowest BCUT2D eigenvalue weighted by Gasteiger charge is -1.97. The van der Waals surface area contributed by atoms with Gasteiger partial charge in [-0.3, -0.25) is 0 Å². The molecule has 0 amide bonds. The number of aromatic nitrogens is 1. The maximum atomic E-state index is 8.89. The highest BCUT2D eigenvalue weighted by Crippen LogP contribution is 1.92. The SMILES string of the molecule is C=CC(C)[n+]1ccccc1.CC(=O)[O-]. The molecule has 76 valence electrons. The zero-order valence-electron chi connectivity index (χ0n) is 8.51. The van der Waals surface area contributed by atoms with E-state index in [0.29, 0.717) is 6.04 Å². The second kappa shape index (κ2) is 6.83. The van der Waals surface area contributed by atoms with Crippen LogP contribution in [0.2, 0.25) is 0 Å². The summed E-state index contributed by atoms with van der Waals surface area (Å²) in [5.41, 5.74) is 0. The molecule has 0 fully saturated rings. The summed E-state index contributed by atoms with van der Waals surface area (Å²) >= 11 is 0. The van der Waals surface area contributed by atoms with Crippen molar-refractivity contribution in [1.29, 1.82) is 0 Å². The lowest BCUT2D eigenvalue weighted by atomic mass is 10.3. The molecule has 1 aromatic rings. The minimum absolute atomic E-state index is 0.390. The van der Waals surface area contributed by atoms with Crippen molar-refractivity contribution in [3.05, 3.63) is 43.2 Å². The second-order valence-corrected chi connectivity index (χ2v) is 2.79. The lowest BCUT2D eigenvalue weighted by Crippen LogP contribution is -2.35. The largest absolute Gasteiger partial charge is 0.550 e. The van der Waals surface area contributed by atoms with E-state index in [1.165, 1.54) is 0 Å². The van der Waals surface area contributed by atoms with Crippen LogP contribution in [-0.4, -0.2) is 5.97 Å². The van der Waals surface area contributed by atoms with E-state index in [-0.39, 0.29) is 0 Å². The van der Waals surface area contributed by atoms with Gasteiger partial charge in [0.15, 0.2) is 18.4 Å². The van der Waals surface area contributed by atoms with Gasteiger partial charge in [-0.25, -0.2) is 0 Å². The maximum absolute atomic E-state index is 8.89. The summed E-state index contributed by atoms with van der Waals surface area (Å²) in [4.78, 5) is 8.89. The highest BCUT2D eigenvalue weighted by Gasteiger charge is 2.03. The van der Waals surface area contributed by atoms with Crippen LogP contribution in [0.15, 0.2) is 43.2 Å². The topological polar surface area (TPSA) is 44.0 Å². The standard InChI is InChI=1S/C9H12N.C2H4O2/c1-3-9(2)10-7-5-4-6-8-10;1-2(3)4/h3-9H,1H2,2H3;1H3,(H,3,4)/q+1;/p-1. The maximum Gasteiger partial charge on any atom is 0.173 e. The third kappa shape index (κ3) is 5.94. The minimum Gasteiger partial charge on any atom is -0.550 e. The molecule has 0 saturated heterocycles. The van der Waals surface area contributed by atoms with Crippen LogP contribution in [0.5, 0.6) is 0 Å². The first-order chi connectivity index (χ1) is 6.57. The summed E-state index contributed by atoms with van der Waals surface area (Å²) in [5, 5.41) is 8.89. The van der Waals surface area contributed by atoms with Gasteiger partial charge in [-0.15, -0.1) is 0 Å². The van der Waals surface area contributed by atoms with Crippen LogP contribution in [0.25, 0.3) is 0 Å². The summed E-state index contributed by atoms with van der Waals surface area (Å²) in [6, 6.07) is 6.42. The van der Waals surface area contributed by atoms with Gasteiger partial charge in [-0.1, -0.05) is 12.6 Å². The van der Waals surface area contributed by atoms with E-state index in [0.717, 1.165) is 6.92 Å². The zero-order valence-corrected chi connectivity index (χ0v) is 8.51. The molecule has 0 saturated carbocycles. The van der Waals surface area contributed by atoms with Crippen molar-refractivity contribution in [1.82, 2.24) is 0 Å². The van der Waals surface area contributed by atoms with Crippen LogP contribution in [-0.2, 0) is 4.79 Å². The van der Waals surface area contributed by atoms with E-state index in [1.807, 2.05) is 36.7 Å². The number of aliphatic carboxylic acids is 1.